The largest absolute Gasteiger partial charge is 0.744 e. The van der Waals surface area contributed by atoms with E-state index in [1.807, 2.05) is 6.92 Å². The van der Waals surface area contributed by atoms with E-state index in [2.05, 4.69) is 97.9 Å². The van der Waals surface area contributed by atoms with Crippen molar-refractivity contribution in [2.75, 3.05) is 0 Å². The predicted molar refractivity (Wildman–Crippen MR) is 134 cm³/mol. The number of aryl methyl sites for hydroxylation is 1. The molecule has 0 bridgehead atoms. The second-order valence-corrected chi connectivity index (χ2v) is 16.8. The summed E-state index contributed by atoms with van der Waals surface area (Å²) in [6.07, 6.45) is 0. The second kappa shape index (κ2) is 10.8. The Morgan fingerprint density at radius 3 is 1.25 bits per heavy atom. The van der Waals surface area contributed by atoms with Gasteiger partial charge in [0, 0.05) is 0 Å². The van der Waals surface area contributed by atoms with Crippen molar-refractivity contribution >= 4 is 36.7 Å². The van der Waals surface area contributed by atoms with Gasteiger partial charge in [0.05, 0.1) is 4.90 Å². The predicted octanol–water partition coefficient (Wildman–Crippen LogP) is 4.08. The van der Waals surface area contributed by atoms with Gasteiger partial charge in [0.15, 0.2) is 0 Å². The number of benzene rings is 4. The van der Waals surface area contributed by atoms with Crippen molar-refractivity contribution < 1.29 is 13.0 Å². The van der Waals surface area contributed by atoms with E-state index in [-0.39, 0.29) is 4.90 Å². The molecule has 0 N–H and O–H groups in total. The van der Waals surface area contributed by atoms with Crippen LogP contribution in [-0.4, -0.2) is 26.5 Å². The van der Waals surface area contributed by atoms with Gasteiger partial charge in [0.25, 0.3) is 0 Å². The van der Waals surface area contributed by atoms with Crippen LogP contribution in [0.3, 0.4) is 0 Å². The van der Waals surface area contributed by atoms with E-state index < -0.39 is 23.7 Å². The number of hydrogen-bond donors (Lipinski definition) is 0. The van der Waals surface area contributed by atoms with Crippen LogP contribution in [0.15, 0.2) is 120 Å². The Balaban J connectivity index is 0.000000222. The van der Waals surface area contributed by atoms with Crippen molar-refractivity contribution in [1.82, 2.24) is 0 Å². The van der Waals surface area contributed by atoms with E-state index in [0.717, 1.165) is 5.56 Å². The molecule has 4 rings (SSSR count). The van der Waals surface area contributed by atoms with Crippen molar-refractivity contribution in [2.24, 2.45) is 0 Å². The summed E-state index contributed by atoms with van der Waals surface area (Å²) >= 11 is -2.33. The normalized spacial score (nSPS) is 11.3. The maximum Gasteiger partial charge on any atom is 0.124 e. The molecule has 32 heavy (non-hydrogen) atoms. The molecule has 0 saturated carbocycles. The first kappa shape index (κ1) is 24.0. The zero-order valence-electron chi connectivity index (χ0n) is 18.3. The molecule has 5 heteroatoms. The Kier molecular flexibility index (Phi) is 8.09. The van der Waals surface area contributed by atoms with Crippen LogP contribution in [0.1, 0.15) is 12.5 Å². The van der Waals surface area contributed by atoms with Crippen LogP contribution in [0, 0.1) is 6.92 Å². The van der Waals surface area contributed by atoms with Crippen LogP contribution in [0.5, 0.6) is 0 Å². The maximum absolute atomic E-state index is 10.4. The molecule has 164 valence electrons. The van der Waals surface area contributed by atoms with Gasteiger partial charge < -0.3 is 4.55 Å². The average molecular weight is 506 g/mol. The molecule has 0 atom stereocenters. The molecule has 0 aliphatic carbocycles. The van der Waals surface area contributed by atoms with Gasteiger partial charge in [0.1, 0.15) is 10.1 Å². The molecule has 0 aromatic heterocycles. The van der Waals surface area contributed by atoms with Gasteiger partial charge in [-0.05, 0) is 19.1 Å². The Labute approximate surface area is 194 Å². The smallest absolute Gasteiger partial charge is 0.124 e. The fourth-order valence-corrected chi connectivity index (χ4v) is 12.7. The average Bonchev–Trinajstić information content (AvgIpc) is 2.82. The quantitative estimate of drug-likeness (QED) is 0.303. The van der Waals surface area contributed by atoms with Gasteiger partial charge in [-0.3, -0.25) is 0 Å². The van der Waals surface area contributed by atoms with E-state index in [0.29, 0.717) is 0 Å². The standard InChI is InChI=1S/C20H20As.C7H8O3S/c1-2-21(18-12-6-3-7-13-18,19-14-8-4-9-15-19)20-16-10-5-11-17-20;1-6-2-4-7(5-3-6)11(8,9)10/h3-17H,2H2,1H3;2-5H,1H3,(H,8,9,10)/q+1;/p-1. The summed E-state index contributed by atoms with van der Waals surface area (Å²) in [6, 6.07) is 39.1. The molecule has 4 aromatic rings. The van der Waals surface area contributed by atoms with Crippen LogP contribution >= 0.6 is 0 Å². The molecule has 0 spiro atoms. The van der Waals surface area contributed by atoms with Gasteiger partial charge in [-0.25, -0.2) is 8.42 Å². The Morgan fingerprint density at radius 2 is 0.969 bits per heavy atom. The molecule has 0 saturated heterocycles. The van der Waals surface area contributed by atoms with Crippen LogP contribution in [0.25, 0.3) is 0 Å². The molecule has 0 amide bonds. The summed E-state index contributed by atoms with van der Waals surface area (Å²) in [5.74, 6) is 0. The van der Waals surface area contributed by atoms with Gasteiger partial charge in [-0.1, -0.05) is 17.7 Å². The van der Waals surface area contributed by atoms with Crippen LogP contribution < -0.4 is 13.1 Å². The number of hydrogen-bond acceptors (Lipinski definition) is 3. The van der Waals surface area contributed by atoms with Gasteiger partial charge in [-0.2, -0.15) is 0 Å². The monoisotopic (exact) mass is 506 g/mol. The summed E-state index contributed by atoms with van der Waals surface area (Å²) in [7, 11) is -4.27. The van der Waals surface area contributed by atoms with Crippen molar-refractivity contribution in [1.29, 1.82) is 0 Å². The maximum atomic E-state index is 10.4. The summed E-state index contributed by atoms with van der Waals surface area (Å²) in [4.78, 5) is -0.178. The van der Waals surface area contributed by atoms with Gasteiger partial charge in [0.2, 0.25) is 0 Å². The van der Waals surface area contributed by atoms with Crippen molar-refractivity contribution in [3.8, 4) is 0 Å². The minimum Gasteiger partial charge on any atom is -0.744 e. The zero-order valence-corrected chi connectivity index (χ0v) is 21.0. The summed E-state index contributed by atoms with van der Waals surface area (Å²) in [6.45, 7) is 4.17. The van der Waals surface area contributed by atoms with Crippen LogP contribution in [-0.2, 0) is 10.1 Å². The van der Waals surface area contributed by atoms with Gasteiger partial charge in [-0.15, -0.1) is 0 Å². The van der Waals surface area contributed by atoms with E-state index in [1.165, 1.54) is 30.4 Å². The third-order valence-electron chi connectivity index (χ3n) is 5.37. The number of rotatable bonds is 5. The fourth-order valence-electron chi connectivity index (χ4n) is 3.75. The minimum absolute atomic E-state index is 0.178. The van der Waals surface area contributed by atoms with E-state index >= 15 is 0 Å². The summed E-state index contributed by atoms with van der Waals surface area (Å²) in [5.41, 5.74) is 0.928. The molecule has 0 unspecified atom stereocenters. The van der Waals surface area contributed by atoms with Gasteiger partial charge >= 0.3 is 130 Å². The molecule has 0 heterocycles. The van der Waals surface area contributed by atoms with Crippen LogP contribution in [0.4, 0.5) is 0 Å². The second-order valence-electron chi connectivity index (χ2n) is 7.40. The summed E-state index contributed by atoms with van der Waals surface area (Å²) < 4.78 is 35.7. The first-order chi connectivity index (χ1) is 15.4. The molecular formula is C27H27AsO3S. The van der Waals surface area contributed by atoms with E-state index in [1.54, 1.807) is 12.1 Å². The molecular weight excluding hydrogens is 479 g/mol. The van der Waals surface area contributed by atoms with Crippen molar-refractivity contribution in [3.05, 3.63) is 121 Å². The van der Waals surface area contributed by atoms with Crippen molar-refractivity contribution in [2.45, 2.75) is 24.0 Å². The zero-order chi connectivity index (χ0) is 23.0. The first-order valence-corrected chi connectivity index (χ1v) is 16.0. The molecule has 3 nitrogen and oxygen atoms in total. The fraction of sp³-hybridized carbons (Fsp3) is 0.111. The van der Waals surface area contributed by atoms with Crippen LogP contribution in [0.2, 0.25) is 5.21 Å². The Bertz CT molecular complexity index is 1110. The molecule has 0 aliphatic rings. The Hall–Kier alpha value is -2.65. The molecule has 0 fully saturated rings. The minimum atomic E-state index is -4.27. The first-order valence-electron chi connectivity index (χ1n) is 10.5. The van der Waals surface area contributed by atoms with E-state index in [9.17, 15) is 13.0 Å². The van der Waals surface area contributed by atoms with E-state index in [4.69, 9.17) is 0 Å². The molecule has 0 radical (unpaired) electrons. The summed E-state index contributed by atoms with van der Waals surface area (Å²) in [5, 5.41) is 1.20. The topological polar surface area (TPSA) is 57.2 Å². The SMILES string of the molecule is CC[As+](c1ccccc1)(c1ccccc1)c1ccccc1.Cc1ccc(S(=O)(=O)[O-])cc1. The Morgan fingerprint density at radius 1 is 0.625 bits per heavy atom. The third-order valence-corrected chi connectivity index (χ3v) is 15.6. The molecule has 0 aliphatic heterocycles. The molecule has 4 aromatic carbocycles. The third kappa shape index (κ3) is 5.58. The van der Waals surface area contributed by atoms with Crippen molar-refractivity contribution in [3.63, 3.8) is 0 Å².